The highest BCUT2D eigenvalue weighted by atomic mass is 19.1. The van der Waals surface area contributed by atoms with E-state index < -0.39 is 23.2 Å². The van der Waals surface area contributed by atoms with E-state index in [1.54, 1.807) is 17.0 Å². The molecule has 0 bridgehead atoms. The molecule has 0 saturated heterocycles. The second-order valence-corrected chi connectivity index (χ2v) is 9.47. The van der Waals surface area contributed by atoms with Crippen LogP contribution in [0, 0.1) is 5.82 Å². The molecule has 2 aromatic carbocycles. The van der Waals surface area contributed by atoms with Gasteiger partial charge >= 0.3 is 0 Å². The van der Waals surface area contributed by atoms with Gasteiger partial charge in [-0.3, -0.25) is 28.8 Å². The Hall–Kier alpha value is -4.34. The predicted molar refractivity (Wildman–Crippen MR) is 129 cm³/mol. The summed E-state index contributed by atoms with van der Waals surface area (Å²) in [5.74, 6) is -2.03. The van der Waals surface area contributed by atoms with E-state index >= 15 is 0 Å². The summed E-state index contributed by atoms with van der Waals surface area (Å²) in [5, 5.41) is 0. The topological polar surface area (TPSA) is 84.6 Å². The third kappa shape index (κ3) is 3.71. The average Bonchev–Trinajstić information content (AvgIpc) is 3.66. The smallest absolute Gasteiger partial charge is 0.284 e. The summed E-state index contributed by atoms with van der Waals surface area (Å²) >= 11 is 0. The van der Waals surface area contributed by atoms with Crippen molar-refractivity contribution in [3.8, 4) is 5.69 Å². The van der Waals surface area contributed by atoms with E-state index in [0.29, 0.717) is 25.0 Å². The first-order valence-electron chi connectivity index (χ1n) is 12.0. The van der Waals surface area contributed by atoms with E-state index in [1.807, 2.05) is 0 Å². The number of rotatable bonds is 6. The van der Waals surface area contributed by atoms with Crippen LogP contribution >= 0.6 is 0 Å². The molecule has 2 aliphatic heterocycles. The zero-order valence-electron chi connectivity index (χ0n) is 19.7. The van der Waals surface area contributed by atoms with Gasteiger partial charge in [0.1, 0.15) is 11.4 Å². The van der Waals surface area contributed by atoms with E-state index in [9.17, 15) is 28.0 Å². The van der Waals surface area contributed by atoms with Gasteiger partial charge in [-0.2, -0.15) is 0 Å². The van der Waals surface area contributed by atoms with Gasteiger partial charge in [0.15, 0.2) is 0 Å². The summed E-state index contributed by atoms with van der Waals surface area (Å²) in [6.45, 7) is -0.146. The predicted octanol–water partition coefficient (Wildman–Crippen LogP) is 3.09. The Morgan fingerprint density at radius 1 is 0.919 bits per heavy atom. The minimum atomic E-state index is -0.616. The normalized spacial score (nSPS) is 17.5. The number of aromatic nitrogens is 2. The molecule has 0 radical (unpaired) electrons. The highest BCUT2D eigenvalue weighted by Gasteiger charge is 2.41. The molecule has 6 rings (SSSR count). The van der Waals surface area contributed by atoms with E-state index in [-0.39, 0.29) is 53.0 Å². The molecule has 10 heteroatoms. The van der Waals surface area contributed by atoms with E-state index in [4.69, 9.17) is 0 Å². The number of hydrogen-bond acceptors (Lipinski definition) is 4. The lowest BCUT2D eigenvalue weighted by Crippen LogP contribution is -2.41. The summed E-state index contributed by atoms with van der Waals surface area (Å²) < 4.78 is 31.0. The van der Waals surface area contributed by atoms with Gasteiger partial charge in [-0.05, 0) is 48.7 Å². The molecule has 3 aliphatic rings. The van der Waals surface area contributed by atoms with Crippen LogP contribution in [0.2, 0.25) is 0 Å². The van der Waals surface area contributed by atoms with Crippen molar-refractivity contribution in [2.24, 2.45) is 0 Å². The van der Waals surface area contributed by atoms with Crippen molar-refractivity contribution in [3.63, 3.8) is 0 Å². The molecule has 3 amide bonds. The second-order valence-electron chi connectivity index (χ2n) is 9.47. The first kappa shape index (κ1) is 23.1. The van der Waals surface area contributed by atoms with Crippen LogP contribution in [0.1, 0.15) is 49.6 Å². The Kier molecular flexibility index (Phi) is 5.40. The van der Waals surface area contributed by atoms with Gasteiger partial charge in [0.05, 0.1) is 41.9 Å². The number of carbonyl (C=O) groups is 3. The molecule has 0 unspecified atom stereocenters. The molecule has 0 spiro atoms. The van der Waals surface area contributed by atoms with Crippen LogP contribution in [0.15, 0.2) is 65.2 Å². The maximum atomic E-state index is 14.2. The monoisotopic (exact) mass is 504 g/mol. The average molecular weight is 504 g/mol. The third-order valence-corrected chi connectivity index (χ3v) is 7.10. The number of imide groups is 1. The van der Waals surface area contributed by atoms with Gasteiger partial charge in [-0.1, -0.05) is 18.2 Å². The van der Waals surface area contributed by atoms with Crippen LogP contribution in [-0.4, -0.2) is 56.0 Å². The van der Waals surface area contributed by atoms with Crippen molar-refractivity contribution in [1.29, 1.82) is 0 Å². The Balaban J connectivity index is 1.39. The highest BCUT2D eigenvalue weighted by molar-refractivity contribution is 6.21. The van der Waals surface area contributed by atoms with E-state index in [0.717, 1.165) is 23.8 Å². The van der Waals surface area contributed by atoms with E-state index in [2.05, 4.69) is 0 Å². The largest absolute Gasteiger partial charge is 0.335 e. The number of carbonyl (C=O) groups excluding carboxylic acids is 3. The molecular weight excluding hydrogens is 482 g/mol. The van der Waals surface area contributed by atoms with Gasteiger partial charge in [-0.15, -0.1) is 0 Å². The van der Waals surface area contributed by atoms with Crippen molar-refractivity contribution in [1.82, 2.24) is 19.2 Å². The Morgan fingerprint density at radius 3 is 2.24 bits per heavy atom. The lowest BCUT2D eigenvalue weighted by atomic mass is 10.1. The van der Waals surface area contributed by atoms with Crippen LogP contribution in [-0.2, 0) is 13.0 Å². The van der Waals surface area contributed by atoms with Crippen LogP contribution in [0.25, 0.3) is 5.69 Å². The molecule has 3 heterocycles. The molecular formula is C27H22F2N4O4. The van der Waals surface area contributed by atoms with Crippen molar-refractivity contribution >= 4 is 17.7 Å². The summed E-state index contributed by atoms with van der Waals surface area (Å²) in [4.78, 5) is 55.1. The van der Waals surface area contributed by atoms with E-state index in [1.165, 1.54) is 39.7 Å². The van der Waals surface area contributed by atoms with Gasteiger partial charge in [0.2, 0.25) is 0 Å². The molecule has 3 aromatic rings. The van der Waals surface area contributed by atoms with Crippen molar-refractivity contribution in [2.45, 2.75) is 31.8 Å². The van der Waals surface area contributed by atoms with Crippen LogP contribution < -0.4 is 5.56 Å². The Bertz CT molecular complexity index is 1530. The summed E-state index contributed by atoms with van der Waals surface area (Å²) in [7, 11) is 0. The first-order valence-corrected chi connectivity index (χ1v) is 12.0. The van der Waals surface area contributed by atoms with Crippen LogP contribution in [0.5, 0.6) is 0 Å². The maximum absolute atomic E-state index is 14.2. The van der Waals surface area contributed by atoms with Gasteiger partial charge in [-0.25, -0.2) is 13.5 Å². The van der Waals surface area contributed by atoms with Gasteiger partial charge in [0.25, 0.3) is 23.3 Å². The number of amides is 3. The van der Waals surface area contributed by atoms with Gasteiger partial charge < -0.3 is 4.90 Å². The third-order valence-electron chi connectivity index (χ3n) is 7.10. The molecule has 1 aromatic heterocycles. The number of halogens is 2. The summed E-state index contributed by atoms with van der Waals surface area (Å²) in [5.41, 5.74) is 0.491. The lowest BCUT2D eigenvalue weighted by molar-refractivity contribution is 0.0664. The first-order chi connectivity index (χ1) is 17.9. The molecule has 0 atom stereocenters. The van der Waals surface area contributed by atoms with Crippen molar-refractivity contribution in [3.05, 3.63) is 99.0 Å². The fraction of sp³-hybridized carbons (Fsp3) is 0.259. The highest BCUT2D eigenvalue weighted by Crippen LogP contribution is 2.32. The SMILES string of the molecule is O=C1c2ccccc2C(=O)N1CC(=CF)Cn1c2c(c(=O)n1-c1cccc(F)c1)C(=O)N(C1CC1)CC2. The van der Waals surface area contributed by atoms with Crippen molar-refractivity contribution < 1.29 is 23.2 Å². The zero-order valence-corrected chi connectivity index (χ0v) is 19.7. The number of fused-ring (bicyclic) bond motifs is 2. The van der Waals surface area contributed by atoms with Crippen molar-refractivity contribution in [2.75, 3.05) is 13.1 Å². The standard InChI is InChI=1S/C27H22F2N4O4/c28-13-16(14-31-24(34)20-6-1-2-7-21(20)25(31)35)15-32-22-10-11-30(18-8-9-18)26(36)23(22)27(37)33(32)19-5-3-4-17(29)12-19/h1-7,12-13,18H,8-11,14-15H2. The van der Waals surface area contributed by atoms with Crippen LogP contribution in [0.3, 0.4) is 0 Å². The Labute approximate surface area is 210 Å². The minimum absolute atomic E-state index is 0.0126. The molecule has 188 valence electrons. The van der Waals surface area contributed by atoms with Gasteiger partial charge in [0, 0.05) is 19.0 Å². The van der Waals surface area contributed by atoms with Crippen LogP contribution in [0.4, 0.5) is 8.78 Å². The maximum Gasteiger partial charge on any atom is 0.284 e. The lowest BCUT2D eigenvalue weighted by Gasteiger charge is -2.27. The molecule has 1 saturated carbocycles. The second kappa shape index (κ2) is 8.65. The minimum Gasteiger partial charge on any atom is -0.335 e. The molecule has 8 nitrogen and oxygen atoms in total. The summed E-state index contributed by atoms with van der Waals surface area (Å²) in [6, 6.07) is 11.8. The Morgan fingerprint density at radius 2 is 1.62 bits per heavy atom. The number of benzene rings is 2. The fourth-order valence-corrected chi connectivity index (χ4v) is 5.19. The fourth-order valence-electron chi connectivity index (χ4n) is 5.19. The molecule has 0 N–H and O–H groups in total. The summed E-state index contributed by atoms with van der Waals surface area (Å²) in [6.07, 6.45) is 2.43. The zero-order chi connectivity index (χ0) is 25.8. The molecule has 1 fully saturated rings. The molecule has 1 aliphatic carbocycles. The number of hydrogen-bond donors (Lipinski definition) is 0. The molecule has 37 heavy (non-hydrogen) atoms. The quantitative estimate of drug-likeness (QED) is 0.483. The number of nitrogens with zero attached hydrogens (tertiary/aromatic N) is 4.